The molecule has 0 radical (unpaired) electrons. The van der Waals surface area contributed by atoms with Crippen molar-refractivity contribution < 1.29 is 9.52 Å². The molecular formula is C15H23NO2S. The van der Waals surface area contributed by atoms with Crippen molar-refractivity contribution in [2.75, 3.05) is 18.1 Å². The molecule has 2 N–H and O–H groups in total. The van der Waals surface area contributed by atoms with Crippen LogP contribution in [0.2, 0.25) is 0 Å². The Morgan fingerprint density at radius 3 is 3.11 bits per heavy atom. The van der Waals surface area contributed by atoms with Crippen LogP contribution in [0.25, 0.3) is 0 Å². The molecule has 1 fully saturated rings. The summed E-state index contributed by atoms with van der Waals surface area (Å²) in [6.07, 6.45) is 4.80. The molecule has 19 heavy (non-hydrogen) atoms. The molecule has 1 saturated heterocycles. The first-order valence-electron chi connectivity index (χ1n) is 7.07. The van der Waals surface area contributed by atoms with E-state index in [-0.39, 0.29) is 5.41 Å². The summed E-state index contributed by atoms with van der Waals surface area (Å²) < 4.78 is 5.61. The summed E-state index contributed by atoms with van der Waals surface area (Å²) in [4.78, 5) is 0. The Morgan fingerprint density at radius 2 is 2.37 bits per heavy atom. The Bertz CT molecular complexity index is 449. The first kappa shape index (κ1) is 13.5. The fraction of sp³-hybridized carbons (Fsp3) is 0.733. The Balaban J connectivity index is 1.71. The molecule has 106 valence electrons. The Labute approximate surface area is 119 Å². The lowest BCUT2D eigenvalue weighted by Gasteiger charge is -2.36. The monoisotopic (exact) mass is 281 g/mol. The molecule has 1 aliphatic carbocycles. The van der Waals surface area contributed by atoms with Crippen molar-refractivity contribution in [3.8, 4) is 0 Å². The summed E-state index contributed by atoms with van der Waals surface area (Å²) in [7, 11) is 0. The highest BCUT2D eigenvalue weighted by molar-refractivity contribution is 7.99. The maximum atomic E-state index is 10.4. The molecule has 0 bridgehead atoms. The van der Waals surface area contributed by atoms with Gasteiger partial charge < -0.3 is 14.8 Å². The first-order chi connectivity index (χ1) is 8.98. The minimum atomic E-state index is -0.518. The fourth-order valence-corrected chi connectivity index (χ4v) is 4.50. The molecular weight excluding hydrogens is 258 g/mol. The zero-order chi connectivity index (χ0) is 13.5. The third-order valence-corrected chi connectivity index (χ3v) is 5.55. The zero-order valence-corrected chi connectivity index (χ0v) is 12.6. The molecule has 2 heterocycles. The van der Waals surface area contributed by atoms with Gasteiger partial charge in [0.05, 0.1) is 11.9 Å². The molecule has 4 heteroatoms. The highest BCUT2D eigenvalue weighted by Gasteiger charge is 2.37. The second-order valence-electron chi connectivity index (χ2n) is 6.80. The van der Waals surface area contributed by atoms with Crippen molar-refractivity contribution in [1.29, 1.82) is 0 Å². The first-order valence-corrected chi connectivity index (χ1v) is 8.23. The van der Waals surface area contributed by atoms with Crippen LogP contribution in [0.1, 0.15) is 44.1 Å². The van der Waals surface area contributed by atoms with Crippen LogP contribution in [0.3, 0.4) is 0 Å². The number of rotatable bonds is 3. The highest BCUT2D eigenvalue weighted by atomic mass is 32.2. The van der Waals surface area contributed by atoms with Gasteiger partial charge in [-0.2, -0.15) is 11.8 Å². The molecule has 0 spiro atoms. The van der Waals surface area contributed by atoms with Crippen LogP contribution in [-0.2, 0) is 6.42 Å². The van der Waals surface area contributed by atoms with E-state index < -0.39 is 5.60 Å². The van der Waals surface area contributed by atoms with Gasteiger partial charge in [0, 0.05) is 30.3 Å². The van der Waals surface area contributed by atoms with Crippen molar-refractivity contribution in [3.63, 3.8) is 0 Å². The molecule has 2 aliphatic rings. The molecule has 2 atom stereocenters. The number of nitrogens with one attached hydrogen (secondary N) is 1. The largest absolute Gasteiger partial charge is 0.469 e. The zero-order valence-electron chi connectivity index (χ0n) is 11.7. The molecule has 3 nitrogen and oxygen atoms in total. The molecule has 1 aromatic heterocycles. The van der Waals surface area contributed by atoms with Crippen molar-refractivity contribution in [3.05, 3.63) is 23.7 Å². The normalized spacial score (nSPS) is 33.3. The van der Waals surface area contributed by atoms with E-state index in [1.807, 2.05) is 11.8 Å². The predicted octanol–water partition coefficient (Wildman–Crippen LogP) is 2.75. The van der Waals surface area contributed by atoms with E-state index in [9.17, 15) is 5.11 Å². The smallest absolute Gasteiger partial charge is 0.109 e. The predicted molar refractivity (Wildman–Crippen MR) is 78.4 cm³/mol. The van der Waals surface area contributed by atoms with Gasteiger partial charge in [0.1, 0.15) is 5.76 Å². The molecule has 0 amide bonds. The third kappa shape index (κ3) is 2.86. The average molecular weight is 281 g/mol. The number of thioether (sulfide) groups is 1. The van der Waals surface area contributed by atoms with E-state index in [0.717, 1.165) is 36.5 Å². The Hall–Kier alpha value is -0.450. The van der Waals surface area contributed by atoms with Crippen LogP contribution in [0, 0.1) is 5.41 Å². The molecule has 0 aromatic carbocycles. The van der Waals surface area contributed by atoms with Crippen molar-refractivity contribution in [2.24, 2.45) is 5.41 Å². The summed E-state index contributed by atoms with van der Waals surface area (Å²) >= 11 is 1.85. The van der Waals surface area contributed by atoms with Crippen molar-refractivity contribution in [1.82, 2.24) is 5.32 Å². The van der Waals surface area contributed by atoms with Crippen molar-refractivity contribution in [2.45, 2.75) is 44.8 Å². The van der Waals surface area contributed by atoms with E-state index in [0.29, 0.717) is 12.6 Å². The summed E-state index contributed by atoms with van der Waals surface area (Å²) in [5.74, 6) is 3.04. The number of hydrogen-bond donors (Lipinski definition) is 2. The van der Waals surface area contributed by atoms with Crippen LogP contribution >= 0.6 is 11.8 Å². The third-order valence-electron chi connectivity index (χ3n) is 4.31. The number of furan rings is 1. The molecule has 0 saturated carbocycles. The SMILES string of the molecule is CC1(C)Cc2occc2C(NCC2(O)CCSC2)C1. The van der Waals surface area contributed by atoms with E-state index >= 15 is 0 Å². The van der Waals surface area contributed by atoms with Gasteiger partial charge in [0.25, 0.3) is 0 Å². The molecule has 1 aliphatic heterocycles. The van der Waals surface area contributed by atoms with Gasteiger partial charge in [-0.15, -0.1) is 0 Å². The van der Waals surface area contributed by atoms with Gasteiger partial charge in [0.2, 0.25) is 0 Å². The van der Waals surface area contributed by atoms with Crippen LogP contribution in [-0.4, -0.2) is 28.8 Å². The lowest BCUT2D eigenvalue weighted by Crippen LogP contribution is -2.43. The van der Waals surface area contributed by atoms with Crippen LogP contribution in [0.4, 0.5) is 0 Å². The minimum Gasteiger partial charge on any atom is -0.469 e. The number of aliphatic hydroxyl groups is 1. The van der Waals surface area contributed by atoms with Gasteiger partial charge in [-0.3, -0.25) is 0 Å². The van der Waals surface area contributed by atoms with Crippen molar-refractivity contribution >= 4 is 11.8 Å². The van der Waals surface area contributed by atoms with Gasteiger partial charge in [0.15, 0.2) is 0 Å². The fourth-order valence-electron chi connectivity index (χ4n) is 3.21. The van der Waals surface area contributed by atoms with Gasteiger partial charge in [-0.1, -0.05) is 13.8 Å². The van der Waals surface area contributed by atoms with E-state index in [1.54, 1.807) is 6.26 Å². The summed E-state index contributed by atoms with van der Waals surface area (Å²) in [5.41, 5.74) is 1.03. The number of fused-ring (bicyclic) bond motifs is 1. The lowest BCUT2D eigenvalue weighted by atomic mass is 9.74. The number of hydrogen-bond acceptors (Lipinski definition) is 4. The molecule has 3 rings (SSSR count). The summed E-state index contributed by atoms with van der Waals surface area (Å²) in [6, 6.07) is 2.39. The maximum absolute atomic E-state index is 10.4. The summed E-state index contributed by atoms with van der Waals surface area (Å²) in [6.45, 7) is 5.26. The quantitative estimate of drug-likeness (QED) is 0.894. The standard InChI is InChI=1S/C15H23NO2S/c1-14(2)7-12(11-3-5-18-13(11)8-14)16-9-15(17)4-6-19-10-15/h3,5,12,16-17H,4,6-10H2,1-2H3. The highest BCUT2D eigenvalue weighted by Crippen LogP contribution is 2.41. The lowest BCUT2D eigenvalue weighted by molar-refractivity contribution is 0.0611. The topological polar surface area (TPSA) is 45.4 Å². The van der Waals surface area contributed by atoms with E-state index in [4.69, 9.17) is 4.42 Å². The van der Waals surface area contributed by atoms with Crippen LogP contribution in [0.15, 0.2) is 16.7 Å². The molecule has 2 unspecified atom stereocenters. The van der Waals surface area contributed by atoms with Gasteiger partial charge in [-0.25, -0.2) is 0 Å². The van der Waals surface area contributed by atoms with Crippen LogP contribution < -0.4 is 5.32 Å². The minimum absolute atomic E-state index is 0.259. The van der Waals surface area contributed by atoms with Crippen LogP contribution in [0.5, 0.6) is 0 Å². The Morgan fingerprint density at radius 1 is 1.53 bits per heavy atom. The average Bonchev–Trinajstić information content (AvgIpc) is 2.94. The van der Waals surface area contributed by atoms with Gasteiger partial charge in [-0.05, 0) is 30.1 Å². The van der Waals surface area contributed by atoms with Gasteiger partial charge >= 0.3 is 0 Å². The molecule has 1 aromatic rings. The second kappa shape index (κ2) is 4.83. The summed E-state index contributed by atoms with van der Waals surface area (Å²) in [5, 5.41) is 14.0. The van der Waals surface area contributed by atoms with E-state index in [1.165, 1.54) is 5.56 Å². The second-order valence-corrected chi connectivity index (χ2v) is 7.91. The van der Waals surface area contributed by atoms with E-state index in [2.05, 4.69) is 25.2 Å². The maximum Gasteiger partial charge on any atom is 0.109 e. The Kier molecular flexibility index (Phi) is 3.44.